The molecule has 0 aliphatic heterocycles. The molecule has 22 heavy (non-hydrogen) atoms. The molecule has 0 heterocycles. The average Bonchev–Trinajstić information content (AvgIpc) is 2.42. The van der Waals surface area contributed by atoms with Crippen molar-refractivity contribution in [2.45, 2.75) is 6.18 Å². The fraction of sp³-hybridized carbons (Fsp3) is 0.333. The van der Waals surface area contributed by atoms with Gasteiger partial charge in [0.15, 0.2) is 6.61 Å². The van der Waals surface area contributed by atoms with Crippen molar-refractivity contribution >= 4 is 29.2 Å². The number of amides is 3. The number of hydrogen-bond donors (Lipinski definition) is 3. The van der Waals surface area contributed by atoms with Gasteiger partial charge in [-0.2, -0.15) is 13.2 Å². The van der Waals surface area contributed by atoms with E-state index in [1.807, 2.05) is 5.32 Å². The van der Waals surface area contributed by atoms with E-state index in [2.05, 4.69) is 15.4 Å². The van der Waals surface area contributed by atoms with Crippen LogP contribution in [0.15, 0.2) is 18.2 Å². The lowest BCUT2D eigenvalue weighted by molar-refractivity contribution is -0.153. The minimum absolute atomic E-state index is 0.101. The number of anilines is 1. The highest BCUT2D eigenvalue weighted by atomic mass is 35.5. The third kappa shape index (κ3) is 6.53. The first-order valence-electron chi connectivity index (χ1n) is 5.96. The Morgan fingerprint density at radius 2 is 2.00 bits per heavy atom. The van der Waals surface area contributed by atoms with E-state index in [4.69, 9.17) is 11.6 Å². The fourth-order valence-corrected chi connectivity index (χ4v) is 1.51. The molecule has 1 aromatic carbocycles. The number of benzene rings is 1. The monoisotopic (exact) mass is 339 g/mol. The molecule has 6 nitrogen and oxygen atoms in total. The molecular weight excluding hydrogens is 327 g/mol. The van der Waals surface area contributed by atoms with Crippen LogP contribution in [0.25, 0.3) is 0 Å². The van der Waals surface area contributed by atoms with Crippen molar-refractivity contribution in [3.05, 3.63) is 23.2 Å². The first-order chi connectivity index (χ1) is 10.2. The minimum atomic E-state index is -4.49. The van der Waals surface area contributed by atoms with E-state index < -0.39 is 24.7 Å². The van der Waals surface area contributed by atoms with Crippen molar-refractivity contribution < 1.29 is 27.5 Å². The Bertz CT molecular complexity index is 552. The Labute approximate surface area is 129 Å². The van der Waals surface area contributed by atoms with Crippen molar-refractivity contribution in [3.8, 4) is 5.75 Å². The van der Waals surface area contributed by atoms with Crippen molar-refractivity contribution in [2.75, 3.05) is 25.5 Å². The molecule has 3 N–H and O–H groups in total. The number of ether oxygens (including phenoxy) is 1. The number of nitrogens with one attached hydrogen (secondary N) is 3. The molecule has 0 radical (unpaired) electrons. The van der Waals surface area contributed by atoms with E-state index in [0.717, 1.165) is 0 Å². The molecule has 0 aliphatic rings. The number of urea groups is 1. The van der Waals surface area contributed by atoms with Crippen LogP contribution in [0.3, 0.4) is 0 Å². The minimum Gasteiger partial charge on any atom is -0.482 e. The molecule has 0 spiro atoms. The van der Waals surface area contributed by atoms with Crippen LogP contribution < -0.4 is 20.7 Å². The predicted molar refractivity (Wildman–Crippen MR) is 74.1 cm³/mol. The summed E-state index contributed by atoms with van der Waals surface area (Å²) >= 11 is 5.75. The van der Waals surface area contributed by atoms with Crippen molar-refractivity contribution in [2.24, 2.45) is 0 Å². The molecule has 3 amide bonds. The van der Waals surface area contributed by atoms with E-state index in [1.165, 1.54) is 25.2 Å². The molecule has 0 bridgehead atoms. The molecule has 1 rings (SSSR count). The van der Waals surface area contributed by atoms with Gasteiger partial charge in [-0.05, 0) is 18.2 Å². The van der Waals surface area contributed by atoms with Gasteiger partial charge in [0, 0.05) is 12.1 Å². The summed E-state index contributed by atoms with van der Waals surface area (Å²) in [5.41, 5.74) is 0.101. The number of imide groups is 1. The zero-order valence-corrected chi connectivity index (χ0v) is 12.1. The zero-order valence-electron chi connectivity index (χ0n) is 11.4. The zero-order chi connectivity index (χ0) is 16.8. The quantitative estimate of drug-likeness (QED) is 0.768. The lowest BCUT2D eigenvalue weighted by atomic mass is 10.3. The number of carbonyl (C=O) groups is 2. The Morgan fingerprint density at radius 3 is 2.59 bits per heavy atom. The SMILES string of the molecule is CNC(=O)NC(=O)CNc1cc(Cl)ccc1OCC(F)(F)F. The second kappa shape index (κ2) is 7.74. The first kappa shape index (κ1) is 17.9. The normalized spacial score (nSPS) is 10.8. The van der Waals surface area contributed by atoms with Crippen LogP contribution in [0.1, 0.15) is 0 Å². The van der Waals surface area contributed by atoms with E-state index in [-0.39, 0.29) is 23.0 Å². The molecule has 1 aromatic rings. The lowest BCUT2D eigenvalue weighted by Crippen LogP contribution is -2.40. The summed E-state index contributed by atoms with van der Waals surface area (Å²) < 4.78 is 41.1. The van der Waals surface area contributed by atoms with Crippen molar-refractivity contribution in [1.82, 2.24) is 10.6 Å². The Balaban J connectivity index is 2.70. The third-order valence-electron chi connectivity index (χ3n) is 2.25. The van der Waals surface area contributed by atoms with Crippen LogP contribution in [0, 0.1) is 0 Å². The highest BCUT2D eigenvalue weighted by Gasteiger charge is 2.28. The topological polar surface area (TPSA) is 79.5 Å². The van der Waals surface area contributed by atoms with Gasteiger partial charge in [-0.1, -0.05) is 11.6 Å². The van der Waals surface area contributed by atoms with Crippen molar-refractivity contribution in [1.29, 1.82) is 0 Å². The second-order valence-electron chi connectivity index (χ2n) is 4.03. The van der Waals surface area contributed by atoms with Crippen LogP contribution >= 0.6 is 11.6 Å². The average molecular weight is 340 g/mol. The number of alkyl halides is 3. The summed E-state index contributed by atoms with van der Waals surface area (Å²) in [5.74, 6) is -0.796. The van der Waals surface area contributed by atoms with Crippen LogP contribution in [-0.4, -0.2) is 38.3 Å². The van der Waals surface area contributed by atoms with Gasteiger partial charge in [0.1, 0.15) is 5.75 Å². The Hall–Kier alpha value is -2.16. The summed E-state index contributed by atoms with van der Waals surface area (Å²) in [5, 5.41) is 6.96. The van der Waals surface area contributed by atoms with Crippen LogP contribution in [0.2, 0.25) is 5.02 Å². The van der Waals surface area contributed by atoms with Gasteiger partial charge in [-0.25, -0.2) is 4.79 Å². The predicted octanol–water partition coefficient (Wildman–Crippen LogP) is 2.15. The number of hydrogen-bond acceptors (Lipinski definition) is 4. The number of carbonyl (C=O) groups excluding carboxylic acids is 2. The summed E-state index contributed by atoms with van der Waals surface area (Å²) in [6, 6.07) is 3.20. The molecule has 0 aromatic heterocycles. The van der Waals surface area contributed by atoms with Crippen LogP contribution in [0.5, 0.6) is 5.75 Å². The molecule has 0 aliphatic carbocycles. The third-order valence-corrected chi connectivity index (χ3v) is 2.49. The van der Waals surface area contributed by atoms with Gasteiger partial charge >= 0.3 is 12.2 Å². The van der Waals surface area contributed by atoms with E-state index >= 15 is 0 Å². The molecule has 122 valence electrons. The maximum Gasteiger partial charge on any atom is 0.422 e. The van der Waals surface area contributed by atoms with E-state index in [0.29, 0.717) is 0 Å². The van der Waals surface area contributed by atoms with Gasteiger partial charge in [0.25, 0.3) is 0 Å². The van der Waals surface area contributed by atoms with Gasteiger partial charge in [0.05, 0.1) is 12.2 Å². The molecule has 0 saturated heterocycles. The summed E-state index contributed by atoms with van der Waals surface area (Å²) in [6.45, 7) is -1.83. The van der Waals surface area contributed by atoms with Gasteiger partial charge in [-0.3, -0.25) is 10.1 Å². The van der Waals surface area contributed by atoms with Gasteiger partial charge < -0.3 is 15.4 Å². The second-order valence-corrected chi connectivity index (χ2v) is 4.46. The van der Waals surface area contributed by atoms with E-state index in [9.17, 15) is 22.8 Å². The van der Waals surface area contributed by atoms with Crippen molar-refractivity contribution in [3.63, 3.8) is 0 Å². The summed E-state index contributed by atoms with van der Waals surface area (Å²) in [7, 11) is 1.33. The smallest absolute Gasteiger partial charge is 0.422 e. The summed E-state index contributed by atoms with van der Waals surface area (Å²) in [4.78, 5) is 22.3. The largest absolute Gasteiger partial charge is 0.482 e. The highest BCUT2D eigenvalue weighted by Crippen LogP contribution is 2.29. The molecule has 10 heteroatoms. The molecule has 0 fully saturated rings. The lowest BCUT2D eigenvalue weighted by Gasteiger charge is -2.14. The summed E-state index contributed by atoms with van der Waals surface area (Å²) in [6.07, 6.45) is -4.49. The number of rotatable bonds is 5. The molecule has 0 atom stereocenters. The Morgan fingerprint density at radius 1 is 1.32 bits per heavy atom. The van der Waals surface area contributed by atoms with Gasteiger partial charge in [0.2, 0.25) is 5.91 Å². The molecule has 0 saturated carbocycles. The molecule has 0 unspecified atom stereocenters. The van der Waals surface area contributed by atoms with Gasteiger partial charge in [-0.15, -0.1) is 0 Å². The first-order valence-corrected chi connectivity index (χ1v) is 6.33. The van der Waals surface area contributed by atoms with Crippen LogP contribution in [0.4, 0.5) is 23.7 Å². The van der Waals surface area contributed by atoms with E-state index in [1.54, 1.807) is 0 Å². The fourth-order valence-electron chi connectivity index (χ4n) is 1.33. The maximum absolute atomic E-state index is 12.2. The molecular formula is C12H13ClF3N3O3. The maximum atomic E-state index is 12.2. The number of halogens is 4. The van der Waals surface area contributed by atoms with Crippen LogP contribution in [-0.2, 0) is 4.79 Å². The standard InChI is InChI=1S/C12H13ClF3N3O3/c1-17-11(21)19-10(20)5-18-8-4-7(13)2-3-9(8)22-6-12(14,15)16/h2-4,18H,5-6H2,1H3,(H2,17,19,20,21). The highest BCUT2D eigenvalue weighted by molar-refractivity contribution is 6.30. The Kier molecular flexibility index (Phi) is 6.29.